The molecule has 0 radical (unpaired) electrons. The minimum atomic E-state index is -1.36. The summed E-state index contributed by atoms with van der Waals surface area (Å²) in [5.41, 5.74) is -0.0986. The van der Waals surface area contributed by atoms with Gasteiger partial charge >= 0.3 is 11.6 Å². The van der Waals surface area contributed by atoms with Crippen molar-refractivity contribution >= 4 is 34.6 Å². The van der Waals surface area contributed by atoms with Gasteiger partial charge in [-0.25, -0.2) is 9.78 Å². The molecule has 2 unspecified atom stereocenters. The van der Waals surface area contributed by atoms with E-state index in [2.05, 4.69) is 4.98 Å². The van der Waals surface area contributed by atoms with Gasteiger partial charge in [-0.2, -0.15) is 0 Å². The Morgan fingerprint density at radius 3 is 2.52 bits per heavy atom. The second-order valence-electron chi connectivity index (χ2n) is 6.57. The van der Waals surface area contributed by atoms with E-state index in [-0.39, 0.29) is 17.7 Å². The summed E-state index contributed by atoms with van der Waals surface area (Å²) in [6.07, 6.45) is -0.249. The molecular weight excluding hydrogens is 376 g/mol. The van der Waals surface area contributed by atoms with Gasteiger partial charge in [0, 0.05) is 6.42 Å². The number of amides is 2. The number of carbonyl (C=O) groups excluding carboxylic acids is 3. The van der Waals surface area contributed by atoms with E-state index in [4.69, 9.17) is 9.15 Å². The SMILES string of the molecule is COC(=O)C(c1nc2ccccc2oc1=O)C1CC(=O)N(c2ccccc2)C1=O. The highest BCUT2D eigenvalue weighted by Crippen LogP contribution is 2.35. The largest absolute Gasteiger partial charge is 0.468 e. The van der Waals surface area contributed by atoms with Gasteiger partial charge in [-0.05, 0) is 24.3 Å². The molecule has 1 fully saturated rings. The Morgan fingerprint density at radius 1 is 1.10 bits per heavy atom. The first-order valence-corrected chi connectivity index (χ1v) is 8.90. The van der Waals surface area contributed by atoms with Crippen LogP contribution in [-0.4, -0.2) is 29.9 Å². The zero-order valence-electron chi connectivity index (χ0n) is 15.4. The fraction of sp³-hybridized carbons (Fsp3) is 0.190. The third-order valence-electron chi connectivity index (χ3n) is 4.87. The monoisotopic (exact) mass is 392 g/mol. The molecule has 146 valence electrons. The van der Waals surface area contributed by atoms with Crippen LogP contribution in [0.25, 0.3) is 11.1 Å². The fourth-order valence-corrected chi connectivity index (χ4v) is 3.52. The van der Waals surface area contributed by atoms with Gasteiger partial charge < -0.3 is 9.15 Å². The second-order valence-corrected chi connectivity index (χ2v) is 6.57. The van der Waals surface area contributed by atoms with Crippen molar-refractivity contribution in [2.45, 2.75) is 12.3 Å². The third kappa shape index (κ3) is 3.18. The van der Waals surface area contributed by atoms with Crippen molar-refractivity contribution in [2.24, 2.45) is 5.92 Å². The molecule has 29 heavy (non-hydrogen) atoms. The van der Waals surface area contributed by atoms with Crippen molar-refractivity contribution in [3.05, 3.63) is 70.7 Å². The molecule has 8 heteroatoms. The molecule has 1 saturated heterocycles. The van der Waals surface area contributed by atoms with Crippen LogP contribution in [0, 0.1) is 5.92 Å². The van der Waals surface area contributed by atoms with Gasteiger partial charge in [-0.3, -0.25) is 19.3 Å². The van der Waals surface area contributed by atoms with Crippen LogP contribution >= 0.6 is 0 Å². The molecule has 0 aliphatic carbocycles. The van der Waals surface area contributed by atoms with E-state index in [1.165, 1.54) is 0 Å². The van der Waals surface area contributed by atoms with Crippen molar-refractivity contribution < 1.29 is 23.5 Å². The topological polar surface area (TPSA) is 107 Å². The summed E-state index contributed by atoms with van der Waals surface area (Å²) in [5, 5.41) is 0. The number of aromatic nitrogens is 1. The van der Waals surface area contributed by atoms with Crippen LogP contribution in [0.15, 0.2) is 63.8 Å². The van der Waals surface area contributed by atoms with Crippen molar-refractivity contribution in [2.75, 3.05) is 12.0 Å². The molecule has 8 nitrogen and oxygen atoms in total. The summed E-state index contributed by atoms with van der Waals surface area (Å²) >= 11 is 0. The summed E-state index contributed by atoms with van der Waals surface area (Å²) in [6, 6.07) is 15.0. The molecule has 1 aromatic heterocycles. The highest BCUT2D eigenvalue weighted by Gasteiger charge is 2.49. The van der Waals surface area contributed by atoms with Gasteiger partial charge in [0.05, 0.1) is 18.7 Å². The van der Waals surface area contributed by atoms with E-state index in [0.29, 0.717) is 11.2 Å². The van der Waals surface area contributed by atoms with E-state index >= 15 is 0 Å². The number of methoxy groups -OCH3 is 1. The molecule has 3 aromatic rings. The van der Waals surface area contributed by atoms with E-state index in [9.17, 15) is 19.2 Å². The molecule has 2 atom stereocenters. The van der Waals surface area contributed by atoms with Crippen LogP contribution in [-0.2, 0) is 19.1 Å². The van der Waals surface area contributed by atoms with Gasteiger partial charge in [0.25, 0.3) is 0 Å². The van der Waals surface area contributed by atoms with Crippen LogP contribution in [0.1, 0.15) is 18.0 Å². The lowest BCUT2D eigenvalue weighted by atomic mass is 9.88. The lowest BCUT2D eigenvalue weighted by Crippen LogP contribution is -2.35. The van der Waals surface area contributed by atoms with Gasteiger partial charge in [-0.15, -0.1) is 0 Å². The number of imide groups is 1. The number of rotatable bonds is 4. The number of benzene rings is 2. The summed E-state index contributed by atoms with van der Waals surface area (Å²) in [6.45, 7) is 0. The summed E-state index contributed by atoms with van der Waals surface area (Å²) in [7, 11) is 1.15. The maximum Gasteiger partial charge on any atom is 0.359 e. The predicted octanol–water partition coefficient (Wildman–Crippen LogP) is 2.02. The first-order chi connectivity index (χ1) is 14.0. The minimum Gasteiger partial charge on any atom is -0.468 e. The number of nitrogens with zero attached hydrogens (tertiary/aromatic N) is 2. The Labute approximate surface area is 164 Å². The first kappa shape index (κ1) is 18.5. The molecule has 2 amide bonds. The zero-order valence-corrected chi connectivity index (χ0v) is 15.4. The molecule has 1 aliphatic heterocycles. The van der Waals surface area contributed by atoms with E-state index in [0.717, 1.165) is 12.0 Å². The Balaban J connectivity index is 1.80. The number of esters is 1. The first-order valence-electron chi connectivity index (χ1n) is 8.90. The van der Waals surface area contributed by atoms with Gasteiger partial charge in [0.2, 0.25) is 11.8 Å². The number of anilines is 1. The number of hydrogen-bond acceptors (Lipinski definition) is 7. The van der Waals surface area contributed by atoms with Crippen LogP contribution in [0.4, 0.5) is 5.69 Å². The molecule has 4 rings (SSSR count). The quantitative estimate of drug-likeness (QED) is 0.494. The van der Waals surface area contributed by atoms with E-state index < -0.39 is 35.2 Å². The molecule has 2 aromatic carbocycles. The smallest absolute Gasteiger partial charge is 0.359 e. The van der Waals surface area contributed by atoms with Gasteiger partial charge in [0.15, 0.2) is 5.58 Å². The van der Waals surface area contributed by atoms with Crippen molar-refractivity contribution in [1.82, 2.24) is 4.98 Å². The van der Waals surface area contributed by atoms with Crippen LogP contribution < -0.4 is 10.5 Å². The van der Waals surface area contributed by atoms with E-state index in [1.807, 2.05) is 0 Å². The van der Waals surface area contributed by atoms with Crippen LogP contribution in [0.3, 0.4) is 0 Å². The highest BCUT2D eigenvalue weighted by molar-refractivity contribution is 6.22. The Kier molecular flexibility index (Phi) is 4.67. The van der Waals surface area contributed by atoms with Gasteiger partial charge in [-0.1, -0.05) is 30.3 Å². The zero-order chi connectivity index (χ0) is 20.5. The lowest BCUT2D eigenvalue weighted by molar-refractivity contribution is -0.145. The number of hydrogen-bond donors (Lipinski definition) is 0. The standard InChI is InChI=1S/C21H16N2O6/c1-28-20(26)17(18-21(27)29-15-10-6-5-9-14(15)22-18)13-11-16(24)23(19(13)25)12-7-3-2-4-8-12/h2-10,13,17H,11H2,1H3. The van der Waals surface area contributed by atoms with Crippen LogP contribution in [0.2, 0.25) is 0 Å². The minimum absolute atomic E-state index is 0.249. The van der Waals surface area contributed by atoms with Crippen LogP contribution in [0.5, 0.6) is 0 Å². The van der Waals surface area contributed by atoms with Crippen molar-refractivity contribution in [3.63, 3.8) is 0 Å². The number of para-hydroxylation sites is 3. The molecule has 1 aliphatic rings. The van der Waals surface area contributed by atoms with Crippen molar-refractivity contribution in [1.29, 1.82) is 0 Å². The predicted molar refractivity (Wildman–Crippen MR) is 102 cm³/mol. The Bertz CT molecular complexity index is 1170. The molecule has 0 spiro atoms. The molecular formula is C21H16N2O6. The number of carbonyl (C=O) groups is 3. The number of ether oxygens (including phenoxy) is 1. The normalized spacial score (nSPS) is 17.6. The molecule has 0 N–H and O–H groups in total. The summed E-state index contributed by atoms with van der Waals surface area (Å²) in [4.78, 5) is 56.0. The Morgan fingerprint density at radius 2 is 1.79 bits per heavy atom. The third-order valence-corrected chi connectivity index (χ3v) is 4.87. The van der Waals surface area contributed by atoms with Crippen molar-refractivity contribution in [3.8, 4) is 0 Å². The number of fused-ring (bicyclic) bond motifs is 1. The maximum absolute atomic E-state index is 13.1. The van der Waals surface area contributed by atoms with E-state index in [1.54, 1.807) is 54.6 Å². The highest BCUT2D eigenvalue weighted by atomic mass is 16.5. The molecule has 2 heterocycles. The maximum atomic E-state index is 13.1. The van der Waals surface area contributed by atoms with Gasteiger partial charge in [0.1, 0.15) is 17.1 Å². The summed E-state index contributed by atoms with van der Waals surface area (Å²) in [5.74, 6) is -4.37. The average molecular weight is 392 g/mol. The molecule has 0 bridgehead atoms. The average Bonchev–Trinajstić information content (AvgIpc) is 3.02. The fourth-order valence-electron chi connectivity index (χ4n) is 3.52. The molecule has 0 saturated carbocycles. The Hall–Kier alpha value is -3.81. The second kappa shape index (κ2) is 7.31. The lowest BCUT2D eigenvalue weighted by Gasteiger charge is -2.19. The summed E-state index contributed by atoms with van der Waals surface area (Å²) < 4.78 is 10.1.